The van der Waals surface area contributed by atoms with Crippen molar-refractivity contribution in [2.24, 2.45) is 0 Å². The summed E-state index contributed by atoms with van der Waals surface area (Å²) < 4.78 is 0. The summed E-state index contributed by atoms with van der Waals surface area (Å²) in [5, 5.41) is 0.0765. The molecule has 6 aromatic carbocycles. The van der Waals surface area contributed by atoms with Gasteiger partial charge >= 0.3 is 0 Å². The normalized spacial score (nSPS) is 10.3. The first-order valence-corrected chi connectivity index (χ1v) is 28.7. The topological polar surface area (TPSA) is 17.1 Å². The molecule has 0 fully saturated rings. The minimum absolute atomic E-state index is 0.0765. The van der Waals surface area contributed by atoms with Crippen LogP contribution in [0, 0.1) is 59.2 Å². The SMILES string of the molecule is CCCCCCCCCCCCc1cc(C#Cc2ccc(C#Cc3ccc(C#Cc4ccc(SC(C)=O)cc4)cc3)cc2CCCCCCCCCCCC)ccc1C#Cc1ccc(C#Cc2ccccc2)cc1. The molecule has 0 saturated carbocycles. The van der Waals surface area contributed by atoms with Crippen LogP contribution >= 0.6 is 11.8 Å². The third-order valence-corrected chi connectivity index (χ3v) is 14.0. The first kappa shape index (κ1) is 56.4. The lowest BCUT2D eigenvalue weighted by Gasteiger charge is -2.08. The Morgan fingerprint density at radius 2 is 0.608 bits per heavy atom. The van der Waals surface area contributed by atoms with Gasteiger partial charge in [-0.05, 0) is 158 Å². The number of rotatable bonds is 23. The van der Waals surface area contributed by atoms with Crippen LogP contribution in [0.1, 0.15) is 216 Å². The summed E-state index contributed by atoms with van der Waals surface area (Å²) in [7, 11) is 0. The van der Waals surface area contributed by atoms with Gasteiger partial charge in [0.1, 0.15) is 0 Å². The molecule has 0 aliphatic heterocycles. The summed E-state index contributed by atoms with van der Waals surface area (Å²) in [6.07, 6.45) is 28.2. The first-order valence-electron chi connectivity index (χ1n) is 27.8. The molecule has 6 rings (SSSR count). The highest BCUT2D eigenvalue weighted by Crippen LogP contribution is 2.21. The molecule has 0 amide bonds. The Balaban J connectivity index is 1.17. The second kappa shape index (κ2) is 33.8. The van der Waals surface area contributed by atoms with Crippen LogP contribution in [0.3, 0.4) is 0 Å². The maximum absolute atomic E-state index is 11.4. The van der Waals surface area contributed by atoms with Crippen LogP contribution in [0.4, 0.5) is 0 Å². The number of thioether (sulfide) groups is 1. The molecule has 0 N–H and O–H groups in total. The standard InChI is InChI=1S/C72H76OS/c1-4-6-8-10-12-14-16-18-20-25-29-70-57-66(44-43-63-35-33-62(34-36-63)39-42-65-49-55-72(56-50-65)74-59(3)73)46-52-69(70)54-48-67-47-53-68(71(58-67)30-26-21-19-17-15-13-11-9-7-5-2)51-45-64-40-37-61(38-41-64)32-31-60-27-23-22-24-28-60/h22-24,27-28,33-38,40-41,46-47,49-50,52-53,55-58H,4-21,25-26,29-30H2,1-3H3. The number of aryl methyl sites for hydroxylation is 2. The van der Waals surface area contributed by atoms with Gasteiger partial charge < -0.3 is 0 Å². The van der Waals surface area contributed by atoms with Gasteiger partial charge in [0.25, 0.3) is 0 Å². The van der Waals surface area contributed by atoms with Gasteiger partial charge in [0.15, 0.2) is 5.12 Å². The second-order valence-electron chi connectivity index (χ2n) is 19.5. The molecule has 0 heterocycles. The van der Waals surface area contributed by atoms with Crippen LogP contribution in [0.25, 0.3) is 0 Å². The van der Waals surface area contributed by atoms with E-state index in [1.807, 2.05) is 78.9 Å². The van der Waals surface area contributed by atoms with Crippen molar-refractivity contribution >= 4 is 16.9 Å². The molecule has 0 atom stereocenters. The Kier molecular flexibility index (Phi) is 25.8. The van der Waals surface area contributed by atoms with Crippen LogP contribution in [-0.2, 0) is 17.6 Å². The first-order chi connectivity index (χ1) is 36.4. The lowest BCUT2D eigenvalue weighted by Crippen LogP contribution is -1.95. The Morgan fingerprint density at radius 1 is 0.324 bits per heavy atom. The summed E-state index contributed by atoms with van der Waals surface area (Å²) in [6, 6.07) is 47.5. The maximum atomic E-state index is 11.4. The highest BCUT2D eigenvalue weighted by Gasteiger charge is 2.06. The molecule has 0 bridgehead atoms. The second-order valence-corrected chi connectivity index (χ2v) is 20.7. The number of benzene rings is 6. The van der Waals surface area contributed by atoms with Crippen molar-refractivity contribution in [2.45, 2.75) is 167 Å². The minimum Gasteiger partial charge on any atom is -0.287 e. The molecule has 0 aromatic heterocycles. The van der Waals surface area contributed by atoms with E-state index in [0.29, 0.717) is 0 Å². The zero-order valence-corrected chi connectivity index (χ0v) is 45.5. The lowest BCUT2D eigenvalue weighted by molar-refractivity contribution is -0.109. The summed E-state index contributed by atoms with van der Waals surface area (Å²) in [5.41, 5.74) is 12.5. The number of hydrogen-bond donors (Lipinski definition) is 0. The highest BCUT2D eigenvalue weighted by molar-refractivity contribution is 8.13. The van der Waals surface area contributed by atoms with Gasteiger partial charge in [0, 0.05) is 67.5 Å². The highest BCUT2D eigenvalue weighted by atomic mass is 32.2. The predicted octanol–water partition coefficient (Wildman–Crippen LogP) is 18.3. The van der Waals surface area contributed by atoms with Crippen molar-refractivity contribution in [3.05, 3.63) is 206 Å². The molecule has 0 saturated heterocycles. The van der Waals surface area contributed by atoms with E-state index < -0.39 is 0 Å². The molecule has 0 aliphatic carbocycles. The maximum Gasteiger partial charge on any atom is 0.190 e. The van der Waals surface area contributed by atoms with Gasteiger partial charge in [-0.2, -0.15) is 0 Å². The Morgan fingerprint density at radius 3 is 0.973 bits per heavy atom. The fourth-order valence-electron chi connectivity index (χ4n) is 8.89. The largest absolute Gasteiger partial charge is 0.287 e. The fourth-order valence-corrected chi connectivity index (χ4v) is 9.49. The van der Waals surface area contributed by atoms with Crippen LogP contribution in [0.15, 0.2) is 144 Å². The van der Waals surface area contributed by atoms with E-state index in [4.69, 9.17) is 0 Å². The van der Waals surface area contributed by atoms with E-state index in [0.717, 1.165) is 86.2 Å². The van der Waals surface area contributed by atoms with E-state index in [9.17, 15) is 4.79 Å². The Bertz CT molecular complexity index is 2970. The van der Waals surface area contributed by atoms with Crippen LogP contribution in [-0.4, -0.2) is 5.12 Å². The van der Waals surface area contributed by atoms with Crippen molar-refractivity contribution < 1.29 is 4.79 Å². The summed E-state index contributed by atoms with van der Waals surface area (Å²) in [6.45, 7) is 6.15. The molecule has 2 heteroatoms. The van der Waals surface area contributed by atoms with Gasteiger partial charge in [-0.3, -0.25) is 4.79 Å². The average Bonchev–Trinajstić information content (AvgIpc) is 3.42. The molecule has 0 unspecified atom stereocenters. The van der Waals surface area contributed by atoms with E-state index in [1.165, 1.54) is 138 Å². The molecule has 1 nitrogen and oxygen atoms in total. The summed E-state index contributed by atoms with van der Waals surface area (Å²) >= 11 is 1.23. The molecular weight excluding hydrogens is 913 g/mol. The lowest BCUT2D eigenvalue weighted by atomic mass is 9.96. The third kappa shape index (κ3) is 22.1. The van der Waals surface area contributed by atoms with Gasteiger partial charge in [0.2, 0.25) is 0 Å². The van der Waals surface area contributed by atoms with Crippen molar-refractivity contribution in [3.63, 3.8) is 0 Å². The molecule has 0 spiro atoms. The number of hydrogen-bond acceptors (Lipinski definition) is 2. The molecule has 6 aromatic rings. The van der Waals surface area contributed by atoms with E-state index >= 15 is 0 Å². The van der Waals surface area contributed by atoms with Crippen molar-refractivity contribution in [2.75, 3.05) is 0 Å². The van der Waals surface area contributed by atoms with Crippen molar-refractivity contribution in [1.29, 1.82) is 0 Å². The van der Waals surface area contributed by atoms with Crippen LogP contribution in [0.5, 0.6) is 0 Å². The van der Waals surface area contributed by atoms with Crippen LogP contribution < -0.4 is 0 Å². The molecular formula is C72H76OS. The average molecular weight is 989 g/mol. The van der Waals surface area contributed by atoms with E-state index in [-0.39, 0.29) is 5.12 Å². The molecule has 0 radical (unpaired) electrons. The quantitative estimate of drug-likeness (QED) is 0.0361. The molecule has 0 aliphatic rings. The number of unbranched alkanes of at least 4 members (excludes halogenated alkanes) is 18. The fraction of sp³-hybridized carbons (Fsp3) is 0.347. The Labute approximate surface area is 451 Å². The van der Waals surface area contributed by atoms with Gasteiger partial charge in [-0.1, -0.05) is 219 Å². The predicted molar refractivity (Wildman–Crippen MR) is 316 cm³/mol. The smallest absolute Gasteiger partial charge is 0.190 e. The van der Waals surface area contributed by atoms with E-state index in [2.05, 4.69) is 134 Å². The monoisotopic (exact) mass is 989 g/mol. The van der Waals surface area contributed by atoms with Crippen molar-refractivity contribution in [3.8, 4) is 59.2 Å². The zero-order valence-electron chi connectivity index (χ0n) is 44.7. The minimum atomic E-state index is 0.0765. The summed E-state index contributed by atoms with van der Waals surface area (Å²) in [5.74, 6) is 34.1. The number of carbonyl (C=O) groups is 1. The van der Waals surface area contributed by atoms with Gasteiger partial charge in [0.05, 0.1) is 0 Å². The summed E-state index contributed by atoms with van der Waals surface area (Å²) in [4.78, 5) is 12.4. The van der Waals surface area contributed by atoms with Crippen molar-refractivity contribution in [1.82, 2.24) is 0 Å². The Hall–Kier alpha value is -6.86. The zero-order chi connectivity index (χ0) is 51.7. The van der Waals surface area contributed by atoms with Crippen LogP contribution in [0.2, 0.25) is 0 Å². The van der Waals surface area contributed by atoms with E-state index in [1.54, 1.807) is 6.92 Å². The molecule has 74 heavy (non-hydrogen) atoms. The molecule has 376 valence electrons. The number of carbonyl (C=O) groups excluding carboxylic acids is 1. The third-order valence-electron chi connectivity index (χ3n) is 13.2. The van der Waals surface area contributed by atoms with Gasteiger partial charge in [-0.25, -0.2) is 0 Å². The van der Waals surface area contributed by atoms with Gasteiger partial charge in [-0.15, -0.1) is 0 Å².